The standard InChI is InChI=1S/C23H34N2O4S/c1-18(23(26)25-20-10-6-3-7-11-20)29-21-12-14-22(15-13-21)30(27,28)24-17-16-19-8-4-2-5-9-19/h8,12-15,18,20,24H,2-7,9-11,16-17H2,1H3,(H,25,26)/t18-/m0/s1. The Morgan fingerprint density at radius 3 is 2.50 bits per heavy atom. The van der Waals surface area contributed by atoms with Crippen molar-refractivity contribution in [3.05, 3.63) is 35.9 Å². The Morgan fingerprint density at radius 2 is 1.83 bits per heavy atom. The van der Waals surface area contributed by atoms with Crippen molar-refractivity contribution < 1.29 is 17.9 Å². The first kappa shape index (κ1) is 22.8. The molecular weight excluding hydrogens is 400 g/mol. The highest BCUT2D eigenvalue weighted by molar-refractivity contribution is 7.89. The van der Waals surface area contributed by atoms with Crippen LogP contribution in [0.25, 0.3) is 0 Å². The summed E-state index contributed by atoms with van der Waals surface area (Å²) in [5.41, 5.74) is 1.34. The van der Waals surface area contributed by atoms with Gasteiger partial charge in [-0.3, -0.25) is 4.79 Å². The quantitative estimate of drug-likeness (QED) is 0.574. The maximum absolute atomic E-state index is 12.5. The minimum absolute atomic E-state index is 0.128. The molecule has 2 aliphatic rings. The number of carbonyl (C=O) groups excluding carboxylic acids is 1. The van der Waals surface area contributed by atoms with Crippen molar-refractivity contribution in [3.8, 4) is 5.75 Å². The van der Waals surface area contributed by atoms with Gasteiger partial charge in [0.15, 0.2) is 6.10 Å². The van der Waals surface area contributed by atoms with E-state index in [2.05, 4.69) is 16.1 Å². The van der Waals surface area contributed by atoms with Gasteiger partial charge in [-0.2, -0.15) is 0 Å². The summed E-state index contributed by atoms with van der Waals surface area (Å²) in [6.45, 7) is 2.12. The van der Waals surface area contributed by atoms with Gasteiger partial charge in [0.25, 0.3) is 5.91 Å². The van der Waals surface area contributed by atoms with E-state index in [0.717, 1.165) is 44.9 Å². The first-order chi connectivity index (χ1) is 14.4. The Bertz CT molecular complexity index is 827. The third-order valence-corrected chi connectivity index (χ3v) is 7.37. The van der Waals surface area contributed by atoms with E-state index in [4.69, 9.17) is 4.74 Å². The number of rotatable bonds is 9. The van der Waals surface area contributed by atoms with Crippen LogP contribution >= 0.6 is 0 Å². The van der Waals surface area contributed by atoms with Crippen LogP contribution in [-0.4, -0.2) is 33.0 Å². The lowest BCUT2D eigenvalue weighted by Crippen LogP contribution is -2.43. The first-order valence-electron chi connectivity index (χ1n) is 11.2. The number of hydrogen-bond donors (Lipinski definition) is 2. The number of nitrogens with one attached hydrogen (secondary N) is 2. The Hall–Kier alpha value is -1.86. The van der Waals surface area contributed by atoms with Crippen molar-refractivity contribution in [2.75, 3.05) is 6.54 Å². The molecular formula is C23H34N2O4S. The topological polar surface area (TPSA) is 84.5 Å². The summed E-state index contributed by atoms with van der Waals surface area (Å²) in [7, 11) is -3.55. The van der Waals surface area contributed by atoms with Crippen molar-refractivity contribution in [1.82, 2.24) is 10.0 Å². The molecule has 1 aromatic carbocycles. The van der Waals surface area contributed by atoms with Crippen molar-refractivity contribution in [3.63, 3.8) is 0 Å². The average molecular weight is 435 g/mol. The van der Waals surface area contributed by atoms with Gasteiger partial charge >= 0.3 is 0 Å². The number of carbonyl (C=O) groups is 1. The fourth-order valence-electron chi connectivity index (χ4n) is 4.08. The second kappa shape index (κ2) is 11.0. The van der Waals surface area contributed by atoms with E-state index in [9.17, 15) is 13.2 Å². The lowest BCUT2D eigenvalue weighted by atomic mass is 9.95. The van der Waals surface area contributed by atoms with Crippen LogP contribution in [0.3, 0.4) is 0 Å². The molecule has 0 spiro atoms. The van der Waals surface area contributed by atoms with Crippen LogP contribution in [0.15, 0.2) is 40.8 Å². The van der Waals surface area contributed by atoms with Crippen LogP contribution < -0.4 is 14.8 Å². The van der Waals surface area contributed by atoms with Gasteiger partial charge in [-0.25, -0.2) is 13.1 Å². The number of ether oxygens (including phenoxy) is 1. The second-order valence-electron chi connectivity index (χ2n) is 8.33. The van der Waals surface area contributed by atoms with Gasteiger partial charge in [-0.15, -0.1) is 0 Å². The Morgan fingerprint density at radius 1 is 1.10 bits per heavy atom. The van der Waals surface area contributed by atoms with Gasteiger partial charge in [0.05, 0.1) is 4.90 Å². The van der Waals surface area contributed by atoms with Gasteiger partial charge in [0.2, 0.25) is 10.0 Å². The fraction of sp³-hybridized carbons (Fsp3) is 0.609. The van der Waals surface area contributed by atoms with E-state index in [-0.39, 0.29) is 16.8 Å². The molecule has 1 amide bonds. The summed E-state index contributed by atoms with van der Waals surface area (Å²) in [5, 5.41) is 3.05. The molecule has 1 aromatic rings. The first-order valence-corrected chi connectivity index (χ1v) is 12.7. The van der Waals surface area contributed by atoms with Crippen LogP contribution in [0.1, 0.15) is 71.1 Å². The highest BCUT2D eigenvalue weighted by atomic mass is 32.2. The zero-order valence-electron chi connectivity index (χ0n) is 17.9. The molecule has 0 heterocycles. The molecule has 6 nitrogen and oxygen atoms in total. The van der Waals surface area contributed by atoms with E-state index in [1.165, 1.54) is 37.0 Å². The summed E-state index contributed by atoms with van der Waals surface area (Å²) in [4.78, 5) is 12.5. The molecule has 0 aliphatic heterocycles. The maximum Gasteiger partial charge on any atom is 0.260 e. The molecule has 166 valence electrons. The van der Waals surface area contributed by atoms with Gasteiger partial charge in [-0.1, -0.05) is 30.9 Å². The fourth-order valence-corrected chi connectivity index (χ4v) is 5.11. The van der Waals surface area contributed by atoms with E-state index in [1.807, 2.05) is 0 Å². The molecule has 2 N–H and O–H groups in total. The molecule has 0 aromatic heterocycles. The summed E-state index contributed by atoms with van der Waals surface area (Å²) in [5.74, 6) is 0.352. The highest BCUT2D eigenvalue weighted by Gasteiger charge is 2.21. The van der Waals surface area contributed by atoms with Gasteiger partial charge in [-0.05, 0) is 76.1 Å². The van der Waals surface area contributed by atoms with Gasteiger partial charge in [0.1, 0.15) is 5.75 Å². The Kier molecular flexibility index (Phi) is 8.33. The van der Waals surface area contributed by atoms with Crippen molar-refractivity contribution >= 4 is 15.9 Å². The van der Waals surface area contributed by atoms with Crippen molar-refractivity contribution in [2.45, 2.75) is 88.2 Å². The second-order valence-corrected chi connectivity index (χ2v) is 10.1. The molecule has 1 atom stereocenters. The van der Waals surface area contributed by atoms with E-state index in [0.29, 0.717) is 12.3 Å². The maximum atomic E-state index is 12.5. The van der Waals surface area contributed by atoms with E-state index < -0.39 is 16.1 Å². The van der Waals surface area contributed by atoms with E-state index in [1.54, 1.807) is 19.1 Å². The van der Waals surface area contributed by atoms with E-state index >= 15 is 0 Å². The molecule has 0 unspecified atom stereocenters. The Labute approximate surface area is 180 Å². The third kappa shape index (κ3) is 6.84. The predicted molar refractivity (Wildman–Crippen MR) is 118 cm³/mol. The lowest BCUT2D eigenvalue weighted by molar-refractivity contribution is -0.128. The Balaban J connectivity index is 1.48. The number of hydrogen-bond acceptors (Lipinski definition) is 4. The number of sulfonamides is 1. The molecule has 7 heteroatoms. The van der Waals surface area contributed by atoms with Crippen molar-refractivity contribution in [2.24, 2.45) is 0 Å². The monoisotopic (exact) mass is 434 g/mol. The molecule has 0 bridgehead atoms. The van der Waals surface area contributed by atoms with Crippen LogP contribution in [-0.2, 0) is 14.8 Å². The zero-order chi connectivity index (χ0) is 21.4. The van der Waals surface area contributed by atoms with Crippen molar-refractivity contribution in [1.29, 1.82) is 0 Å². The largest absolute Gasteiger partial charge is 0.481 e. The number of benzene rings is 1. The molecule has 0 radical (unpaired) electrons. The lowest BCUT2D eigenvalue weighted by Gasteiger charge is -2.24. The smallest absolute Gasteiger partial charge is 0.260 e. The number of allylic oxidation sites excluding steroid dienone is 1. The minimum Gasteiger partial charge on any atom is -0.481 e. The molecule has 2 aliphatic carbocycles. The highest BCUT2D eigenvalue weighted by Crippen LogP contribution is 2.21. The van der Waals surface area contributed by atoms with Crippen LogP contribution in [0.4, 0.5) is 0 Å². The summed E-state index contributed by atoms with van der Waals surface area (Å²) in [6, 6.07) is 6.47. The summed E-state index contributed by atoms with van der Waals surface area (Å²) in [6.07, 6.45) is 12.5. The van der Waals surface area contributed by atoms with Crippen LogP contribution in [0.5, 0.6) is 5.75 Å². The number of amides is 1. The minimum atomic E-state index is -3.55. The van der Waals surface area contributed by atoms with Gasteiger partial charge in [0, 0.05) is 12.6 Å². The summed E-state index contributed by atoms with van der Waals surface area (Å²) < 4.78 is 33.4. The molecule has 0 saturated heterocycles. The van der Waals surface area contributed by atoms with Crippen LogP contribution in [0, 0.1) is 0 Å². The van der Waals surface area contributed by atoms with Gasteiger partial charge < -0.3 is 10.1 Å². The predicted octanol–water partition coefficient (Wildman–Crippen LogP) is 4.07. The SMILES string of the molecule is C[C@H](Oc1ccc(S(=O)(=O)NCCC2=CCCCC2)cc1)C(=O)NC1CCCCC1. The zero-order valence-corrected chi connectivity index (χ0v) is 18.7. The molecule has 1 saturated carbocycles. The molecule has 1 fully saturated rings. The average Bonchev–Trinajstić information content (AvgIpc) is 2.75. The third-order valence-electron chi connectivity index (χ3n) is 5.89. The van der Waals surface area contributed by atoms with Crippen LogP contribution in [0.2, 0.25) is 0 Å². The summed E-state index contributed by atoms with van der Waals surface area (Å²) >= 11 is 0. The normalized spacial score (nSPS) is 19.0. The molecule has 30 heavy (non-hydrogen) atoms. The molecule has 3 rings (SSSR count).